The van der Waals surface area contributed by atoms with Crippen LogP contribution in [-0.4, -0.2) is 26.2 Å². The first-order chi connectivity index (χ1) is 7.60. The number of nitrogens with one attached hydrogen (secondary N) is 2. The zero-order valence-corrected chi connectivity index (χ0v) is 12.0. The third-order valence-electron chi connectivity index (χ3n) is 3.37. The summed E-state index contributed by atoms with van der Waals surface area (Å²) >= 11 is 0. The summed E-state index contributed by atoms with van der Waals surface area (Å²) in [5.74, 6) is 2.34. The van der Waals surface area contributed by atoms with Crippen molar-refractivity contribution >= 4 is 0 Å². The van der Waals surface area contributed by atoms with Gasteiger partial charge >= 0.3 is 0 Å². The van der Waals surface area contributed by atoms with Crippen LogP contribution in [0, 0.1) is 17.8 Å². The summed E-state index contributed by atoms with van der Waals surface area (Å²) in [5.41, 5.74) is 0. The van der Waals surface area contributed by atoms with Gasteiger partial charge in [0.2, 0.25) is 0 Å². The predicted molar refractivity (Wildman–Crippen MR) is 73.8 cm³/mol. The van der Waals surface area contributed by atoms with Crippen molar-refractivity contribution in [2.24, 2.45) is 17.8 Å². The van der Waals surface area contributed by atoms with Crippen LogP contribution in [0.3, 0.4) is 0 Å². The molecule has 0 rings (SSSR count). The Morgan fingerprint density at radius 3 is 1.25 bits per heavy atom. The van der Waals surface area contributed by atoms with Crippen LogP contribution in [0.25, 0.3) is 0 Å². The second kappa shape index (κ2) is 10.1. The van der Waals surface area contributed by atoms with E-state index in [4.69, 9.17) is 0 Å². The molecule has 0 aromatic rings. The fourth-order valence-electron chi connectivity index (χ4n) is 1.51. The van der Waals surface area contributed by atoms with Gasteiger partial charge < -0.3 is 10.6 Å². The molecule has 0 saturated heterocycles. The summed E-state index contributed by atoms with van der Waals surface area (Å²) in [5, 5.41) is 7.10. The van der Waals surface area contributed by atoms with Crippen molar-refractivity contribution in [1.82, 2.24) is 10.6 Å². The highest BCUT2D eigenvalue weighted by molar-refractivity contribution is 4.63. The molecule has 2 nitrogen and oxygen atoms in total. The Morgan fingerprint density at radius 1 is 0.625 bits per heavy atom. The minimum absolute atomic E-state index is 0.730. The second-order valence-electron chi connectivity index (χ2n) is 5.45. The second-order valence-corrected chi connectivity index (χ2v) is 5.45. The Kier molecular flexibility index (Phi) is 10.0. The topological polar surface area (TPSA) is 24.1 Å². The molecule has 0 aromatic heterocycles. The minimum atomic E-state index is 0.730. The van der Waals surface area contributed by atoms with Crippen LogP contribution in [0.5, 0.6) is 0 Å². The summed E-state index contributed by atoms with van der Waals surface area (Å²) in [7, 11) is 0. The molecule has 0 fully saturated rings. The third-order valence-corrected chi connectivity index (χ3v) is 3.37. The van der Waals surface area contributed by atoms with E-state index in [-0.39, 0.29) is 0 Å². The van der Waals surface area contributed by atoms with Crippen molar-refractivity contribution in [3.63, 3.8) is 0 Å². The Labute approximate surface area is 103 Å². The predicted octanol–water partition coefficient (Wildman–Crippen LogP) is 2.89. The summed E-state index contributed by atoms with van der Waals surface area (Å²) in [4.78, 5) is 0. The Bertz CT molecular complexity index is 132. The first-order valence-corrected chi connectivity index (χ1v) is 7.01. The maximum Gasteiger partial charge on any atom is -0.00109 e. The molecule has 0 aliphatic heterocycles. The van der Waals surface area contributed by atoms with E-state index in [0.717, 1.165) is 43.9 Å². The molecule has 0 aliphatic carbocycles. The monoisotopic (exact) mass is 228 g/mol. The van der Waals surface area contributed by atoms with Gasteiger partial charge in [0.15, 0.2) is 0 Å². The molecule has 0 heterocycles. The molecule has 0 bridgehead atoms. The molecule has 98 valence electrons. The molecule has 2 N–H and O–H groups in total. The van der Waals surface area contributed by atoms with E-state index in [0.29, 0.717) is 0 Å². The molecule has 0 saturated carbocycles. The zero-order valence-electron chi connectivity index (χ0n) is 12.0. The Balaban J connectivity index is 3.34. The maximum absolute atomic E-state index is 3.55. The number of hydrogen-bond donors (Lipinski definition) is 2. The van der Waals surface area contributed by atoms with Gasteiger partial charge in [0, 0.05) is 0 Å². The first-order valence-electron chi connectivity index (χ1n) is 7.01. The number of hydrogen-bond acceptors (Lipinski definition) is 2. The van der Waals surface area contributed by atoms with Crippen molar-refractivity contribution in [1.29, 1.82) is 0 Å². The summed E-state index contributed by atoms with van der Waals surface area (Å²) < 4.78 is 0. The van der Waals surface area contributed by atoms with Crippen molar-refractivity contribution in [2.45, 2.75) is 47.5 Å². The van der Waals surface area contributed by atoms with Crippen molar-refractivity contribution in [2.75, 3.05) is 26.2 Å². The molecular weight excluding hydrogens is 196 g/mol. The van der Waals surface area contributed by atoms with E-state index in [1.807, 2.05) is 0 Å². The lowest BCUT2D eigenvalue weighted by atomic mass is 10.1. The standard InChI is InChI=1S/C14H32N2/c1-6-12(3)8-15-10-14(5)11-16-9-13(4)7-2/h12-16H,6-11H2,1-5H3. The van der Waals surface area contributed by atoms with E-state index in [2.05, 4.69) is 45.3 Å². The molecule has 2 heteroatoms. The largest absolute Gasteiger partial charge is 0.316 e. The lowest BCUT2D eigenvalue weighted by Gasteiger charge is -2.17. The van der Waals surface area contributed by atoms with Crippen molar-refractivity contribution < 1.29 is 0 Å². The zero-order chi connectivity index (χ0) is 12.4. The van der Waals surface area contributed by atoms with E-state index < -0.39 is 0 Å². The van der Waals surface area contributed by atoms with E-state index in [1.54, 1.807) is 0 Å². The van der Waals surface area contributed by atoms with Gasteiger partial charge in [-0.05, 0) is 43.9 Å². The van der Waals surface area contributed by atoms with Gasteiger partial charge in [-0.25, -0.2) is 0 Å². The van der Waals surface area contributed by atoms with Crippen molar-refractivity contribution in [3.05, 3.63) is 0 Å². The first kappa shape index (κ1) is 15.9. The average molecular weight is 228 g/mol. The summed E-state index contributed by atoms with van der Waals surface area (Å²) in [6.07, 6.45) is 2.54. The van der Waals surface area contributed by atoms with E-state index >= 15 is 0 Å². The maximum atomic E-state index is 3.55. The van der Waals surface area contributed by atoms with E-state index in [1.165, 1.54) is 12.8 Å². The van der Waals surface area contributed by atoms with Crippen molar-refractivity contribution in [3.8, 4) is 0 Å². The van der Waals surface area contributed by atoms with Gasteiger partial charge in [-0.15, -0.1) is 0 Å². The van der Waals surface area contributed by atoms with E-state index in [9.17, 15) is 0 Å². The van der Waals surface area contributed by atoms with Crippen LogP contribution in [0.4, 0.5) is 0 Å². The molecule has 2 unspecified atom stereocenters. The van der Waals surface area contributed by atoms with Gasteiger partial charge in [0.1, 0.15) is 0 Å². The quantitative estimate of drug-likeness (QED) is 0.601. The average Bonchev–Trinajstić information content (AvgIpc) is 2.28. The minimum Gasteiger partial charge on any atom is -0.316 e. The third kappa shape index (κ3) is 9.17. The lowest BCUT2D eigenvalue weighted by molar-refractivity contribution is 0.415. The van der Waals surface area contributed by atoms with Gasteiger partial charge in [0.05, 0.1) is 0 Å². The van der Waals surface area contributed by atoms with Crippen LogP contribution in [0.15, 0.2) is 0 Å². The molecule has 2 atom stereocenters. The lowest BCUT2D eigenvalue weighted by Crippen LogP contribution is -2.33. The van der Waals surface area contributed by atoms with Crippen LogP contribution in [-0.2, 0) is 0 Å². The normalized spacial score (nSPS) is 17.1. The molecular formula is C14H32N2. The van der Waals surface area contributed by atoms with Gasteiger partial charge in [-0.1, -0.05) is 47.5 Å². The molecule has 0 amide bonds. The fourth-order valence-corrected chi connectivity index (χ4v) is 1.51. The molecule has 0 radical (unpaired) electrons. The fraction of sp³-hybridized carbons (Fsp3) is 1.00. The molecule has 0 spiro atoms. The highest BCUT2D eigenvalue weighted by Crippen LogP contribution is 2.00. The summed E-state index contributed by atoms with van der Waals surface area (Å²) in [6, 6.07) is 0. The SMILES string of the molecule is CCC(C)CNCC(C)CNCC(C)CC. The van der Waals surface area contributed by atoms with Gasteiger partial charge in [-0.2, -0.15) is 0 Å². The molecule has 16 heavy (non-hydrogen) atoms. The highest BCUT2D eigenvalue weighted by atomic mass is 14.9. The van der Waals surface area contributed by atoms with Crippen LogP contribution in [0.2, 0.25) is 0 Å². The number of rotatable bonds is 10. The van der Waals surface area contributed by atoms with Gasteiger partial charge in [0.25, 0.3) is 0 Å². The smallest absolute Gasteiger partial charge is 0.00109 e. The van der Waals surface area contributed by atoms with Crippen LogP contribution in [0.1, 0.15) is 47.5 Å². The Morgan fingerprint density at radius 2 is 0.938 bits per heavy atom. The van der Waals surface area contributed by atoms with Crippen LogP contribution >= 0.6 is 0 Å². The highest BCUT2D eigenvalue weighted by Gasteiger charge is 2.04. The van der Waals surface area contributed by atoms with Crippen LogP contribution < -0.4 is 10.6 Å². The summed E-state index contributed by atoms with van der Waals surface area (Å²) in [6.45, 7) is 16.0. The van der Waals surface area contributed by atoms with Gasteiger partial charge in [-0.3, -0.25) is 0 Å². The molecule has 0 aromatic carbocycles. The molecule has 0 aliphatic rings. The Hall–Kier alpha value is -0.0800.